The molecule has 0 saturated carbocycles. The SMILES string of the molecule is O=C(O)[C@@]1(O)[C@@H](O)O[C@H](CO)[C@@H](O)[C@@H]1O. The van der Waals surface area contributed by atoms with Crippen LogP contribution in [0, 0.1) is 0 Å². The van der Waals surface area contributed by atoms with Crippen molar-refractivity contribution < 1.29 is 40.2 Å². The average Bonchev–Trinajstić information content (AvgIpc) is 2.20. The number of hydrogen-bond donors (Lipinski definition) is 6. The third kappa shape index (κ3) is 1.71. The van der Waals surface area contributed by atoms with Crippen molar-refractivity contribution in [2.75, 3.05) is 6.61 Å². The summed E-state index contributed by atoms with van der Waals surface area (Å²) >= 11 is 0. The molecule has 0 aromatic carbocycles. The van der Waals surface area contributed by atoms with Crippen LogP contribution in [0.4, 0.5) is 0 Å². The van der Waals surface area contributed by atoms with Crippen LogP contribution in [0.1, 0.15) is 0 Å². The van der Waals surface area contributed by atoms with E-state index in [0.29, 0.717) is 0 Å². The van der Waals surface area contributed by atoms with Gasteiger partial charge in [-0.1, -0.05) is 0 Å². The van der Waals surface area contributed by atoms with Crippen molar-refractivity contribution in [3.63, 3.8) is 0 Å². The molecule has 1 fully saturated rings. The lowest BCUT2D eigenvalue weighted by Gasteiger charge is -2.43. The molecule has 8 nitrogen and oxygen atoms in total. The van der Waals surface area contributed by atoms with Gasteiger partial charge in [-0.2, -0.15) is 0 Å². The van der Waals surface area contributed by atoms with Gasteiger partial charge >= 0.3 is 5.97 Å². The number of carboxylic acids is 1. The minimum absolute atomic E-state index is 0.731. The summed E-state index contributed by atoms with van der Waals surface area (Å²) in [6.07, 6.45) is -7.55. The van der Waals surface area contributed by atoms with Crippen molar-refractivity contribution in [3.8, 4) is 0 Å². The Morgan fingerprint density at radius 2 is 1.87 bits per heavy atom. The smallest absolute Gasteiger partial charge is 0.344 e. The maximum Gasteiger partial charge on any atom is 0.344 e. The zero-order valence-electron chi connectivity index (χ0n) is 7.52. The van der Waals surface area contributed by atoms with Crippen LogP contribution in [0.25, 0.3) is 0 Å². The number of aliphatic hydroxyl groups is 5. The second kappa shape index (κ2) is 4.00. The van der Waals surface area contributed by atoms with Gasteiger partial charge in [-0.15, -0.1) is 0 Å². The van der Waals surface area contributed by atoms with Crippen LogP contribution in [0.5, 0.6) is 0 Å². The van der Waals surface area contributed by atoms with Crippen LogP contribution >= 0.6 is 0 Å². The highest BCUT2D eigenvalue weighted by molar-refractivity contribution is 5.79. The van der Waals surface area contributed by atoms with E-state index >= 15 is 0 Å². The van der Waals surface area contributed by atoms with Gasteiger partial charge in [0.1, 0.15) is 18.3 Å². The molecule has 1 saturated heterocycles. The van der Waals surface area contributed by atoms with E-state index in [0.717, 1.165) is 0 Å². The first-order chi connectivity index (χ1) is 6.85. The molecule has 88 valence electrons. The quantitative estimate of drug-likeness (QED) is 0.280. The maximum absolute atomic E-state index is 10.6. The van der Waals surface area contributed by atoms with Crippen LogP contribution in [-0.2, 0) is 9.53 Å². The predicted octanol–water partition coefficient (Wildman–Crippen LogP) is -3.77. The van der Waals surface area contributed by atoms with Crippen LogP contribution in [0.15, 0.2) is 0 Å². The molecule has 15 heavy (non-hydrogen) atoms. The molecule has 0 amide bonds. The van der Waals surface area contributed by atoms with Crippen molar-refractivity contribution in [3.05, 3.63) is 0 Å². The summed E-state index contributed by atoms with van der Waals surface area (Å²) in [7, 11) is 0. The summed E-state index contributed by atoms with van der Waals surface area (Å²) in [5.74, 6) is -1.93. The van der Waals surface area contributed by atoms with Gasteiger partial charge in [0.25, 0.3) is 0 Å². The Morgan fingerprint density at radius 3 is 2.27 bits per heavy atom. The molecule has 0 aliphatic carbocycles. The van der Waals surface area contributed by atoms with Crippen molar-refractivity contribution in [1.82, 2.24) is 0 Å². The van der Waals surface area contributed by atoms with Gasteiger partial charge in [0.2, 0.25) is 5.60 Å². The Kier molecular flexibility index (Phi) is 3.28. The van der Waals surface area contributed by atoms with Crippen LogP contribution in [0.3, 0.4) is 0 Å². The number of carboxylic acid groups (broad SMARTS) is 1. The standard InChI is InChI=1S/C7H12O8/c8-1-2-3(9)4(10)7(14,5(11)12)6(13)15-2/h2-4,6,8-10,13-14H,1H2,(H,11,12)/t2-,3-,4+,6+,7-/m1/s1. The zero-order valence-corrected chi connectivity index (χ0v) is 7.52. The minimum Gasteiger partial charge on any atom is -0.479 e. The summed E-state index contributed by atoms with van der Waals surface area (Å²) in [6.45, 7) is -0.731. The first-order valence-corrected chi connectivity index (χ1v) is 4.12. The molecule has 6 N–H and O–H groups in total. The number of carbonyl (C=O) groups is 1. The van der Waals surface area contributed by atoms with E-state index in [9.17, 15) is 20.1 Å². The average molecular weight is 224 g/mol. The number of hydrogen-bond acceptors (Lipinski definition) is 7. The Balaban J connectivity index is 2.98. The summed E-state index contributed by atoms with van der Waals surface area (Å²) in [6, 6.07) is 0. The first-order valence-electron chi connectivity index (χ1n) is 4.12. The molecule has 0 radical (unpaired) electrons. The molecule has 5 atom stereocenters. The monoisotopic (exact) mass is 224 g/mol. The highest BCUT2D eigenvalue weighted by atomic mass is 16.6. The minimum atomic E-state index is -3.01. The van der Waals surface area contributed by atoms with E-state index in [1.807, 2.05) is 0 Å². The van der Waals surface area contributed by atoms with E-state index < -0.39 is 42.8 Å². The molecule has 1 aliphatic heterocycles. The molecule has 8 heteroatoms. The van der Waals surface area contributed by atoms with Crippen LogP contribution < -0.4 is 0 Å². The molecule has 0 aromatic heterocycles. The topological polar surface area (TPSA) is 148 Å². The fourth-order valence-electron chi connectivity index (χ4n) is 1.34. The van der Waals surface area contributed by atoms with E-state index in [4.69, 9.17) is 15.3 Å². The van der Waals surface area contributed by atoms with Crippen molar-refractivity contribution in [1.29, 1.82) is 0 Å². The third-order valence-corrected chi connectivity index (χ3v) is 2.36. The highest BCUT2D eigenvalue weighted by Gasteiger charge is 2.59. The van der Waals surface area contributed by atoms with Gasteiger partial charge in [-0.05, 0) is 0 Å². The lowest BCUT2D eigenvalue weighted by molar-refractivity contribution is -0.322. The van der Waals surface area contributed by atoms with Gasteiger partial charge in [0, 0.05) is 0 Å². The van der Waals surface area contributed by atoms with Gasteiger partial charge in [-0.3, -0.25) is 0 Å². The molecular weight excluding hydrogens is 212 g/mol. The van der Waals surface area contributed by atoms with Crippen LogP contribution in [-0.4, -0.2) is 73.4 Å². The van der Waals surface area contributed by atoms with E-state index in [1.165, 1.54) is 0 Å². The fourth-order valence-corrected chi connectivity index (χ4v) is 1.34. The second-order valence-corrected chi connectivity index (χ2v) is 3.28. The van der Waals surface area contributed by atoms with E-state index in [1.54, 1.807) is 0 Å². The largest absolute Gasteiger partial charge is 0.479 e. The summed E-state index contributed by atoms with van der Waals surface area (Å²) in [5.41, 5.74) is -3.01. The number of aliphatic hydroxyl groups excluding tert-OH is 4. The lowest BCUT2D eigenvalue weighted by Crippen LogP contribution is -2.69. The van der Waals surface area contributed by atoms with Crippen molar-refractivity contribution >= 4 is 5.97 Å². The Hall–Kier alpha value is -0.770. The van der Waals surface area contributed by atoms with Gasteiger partial charge < -0.3 is 35.4 Å². The highest BCUT2D eigenvalue weighted by Crippen LogP contribution is 2.28. The van der Waals surface area contributed by atoms with E-state index in [-0.39, 0.29) is 0 Å². The Bertz CT molecular complexity index is 255. The summed E-state index contributed by atoms with van der Waals surface area (Å²) < 4.78 is 4.46. The third-order valence-electron chi connectivity index (χ3n) is 2.36. The number of rotatable bonds is 2. The molecule has 1 heterocycles. The van der Waals surface area contributed by atoms with Gasteiger partial charge in [0.15, 0.2) is 6.29 Å². The molecular formula is C7H12O8. The predicted molar refractivity (Wildman–Crippen MR) is 42.6 cm³/mol. The van der Waals surface area contributed by atoms with E-state index in [2.05, 4.69) is 4.74 Å². The van der Waals surface area contributed by atoms with Gasteiger partial charge in [0.05, 0.1) is 6.61 Å². The molecule has 0 aromatic rings. The number of aliphatic carboxylic acids is 1. The molecule has 0 unspecified atom stereocenters. The molecule has 0 bridgehead atoms. The Morgan fingerprint density at radius 1 is 1.33 bits per heavy atom. The van der Waals surface area contributed by atoms with Crippen molar-refractivity contribution in [2.24, 2.45) is 0 Å². The Labute approximate surface area is 84.0 Å². The molecule has 1 rings (SSSR count). The molecule has 1 aliphatic rings. The van der Waals surface area contributed by atoms with Crippen LogP contribution in [0.2, 0.25) is 0 Å². The second-order valence-electron chi connectivity index (χ2n) is 3.28. The lowest BCUT2D eigenvalue weighted by atomic mass is 9.87. The number of ether oxygens (including phenoxy) is 1. The molecule has 0 spiro atoms. The van der Waals surface area contributed by atoms with Crippen molar-refractivity contribution in [2.45, 2.75) is 30.2 Å². The fraction of sp³-hybridized carbons (Fsp3) is 0.857. The maximum atomic E-state index is 10.6. The summed E-state index contributed by atoms with van der Waals surface area (Å²) in [5, 5.41) is 54.4. The first kappa shape index (κ1) is 12.3. The zero-order chi connectivity index (χ0) is 11.8. The summed E-state index contributed by atoms with van der Waals surface area (Å²) in [4.78, 5) is 10.6. The van der Waals surface area contributed by atoms with Gasteiger partial charge in [-0.25, -0.2) is 4.79 Å². The normalized spacial score (nSPS) is 46.5.